The number of nitrogens with zero attached hydrogens (tertiary/aromatic N) is 5. The Bertz CT molecular complexity index is 1140. The molecule has 0 spiro atoms. The van der Waals surface area contributed by atoms with Crippen LogP contribution in [0.3, 0.4) is 0 Å². The number of aromatic nitrogens is 4. The van der Waals surface area contributed by atoms with E-state index in [0.717, 1.165) is 40.1 Å². The van der Waals surface area contributed by atoms with E-state index in [4.69, 9.17) is 4.74 Å². The van der Waals surface area contributed by atoms with Crippen molar-refractivity contribution >= 4 is 22.7 Å². The number of hydrogen-bond acceptors (Lipinski definition) is 7. The lowest BCUT2D eigenvalue weighted by Gasteiger charge is -2.39. The van der Waals surface area contributed by atoms with Crippen molar-refractivity contribution in [3.05, 3.63) is 41.2 Å². The van der Waals surface area contributed by atoms with Crippen LogP contribution in [0.15, 0.2) is 24.4 Å². The highest BCUT2D eigenvalue weighted by Gasteiger charge is 2.38. The molecule has 0 saturated carbocycles. The Morgan fingerprint density at radius 2 is 2.06 bits per heavy atom. The van der Waals surface area contributed by atoms with Gasteiger partial charge >= 0.3 is 0 Å². The summed E-state index contributed by atoms with van der Waals surface area (Å²) in [5.41, 5.74) is 3.74. The fourth-order valence-electron chi connectivity index (χ4n) is 4.97. The number of aryl methyl sites for hydroxylation is 3. The monoisotopic (exact) mass is 440 g/mol. The quantitative estimate of drug-likeness (QED) is 0.645. The van der Waals surface area contributed by atoms with E-state index < -0.39 is 12.3 Å². The molecule has 2 aliphatic rings. The molecule has 2 aromatic heterocycles. The number of rotatable bonds is 4. The number of aliphatic hydroxyl groups excluding tert-OH is 1. The number of aliphatic hydroxyl groups is 1. The number of anilines is 2. The highest BCUT2D eigenvalue weighted by molar-refractivity contribution is 5.81. The molecular formula is C23H29FN6O2. The summed E-state index contributed by atoms with van der Waals surface area (Å²) in [6.45, 7) is 5.80. The third kappa shape index (κ3) is 3.96. The smallest absolute Gasteiger partial charge is 0.228 e. The van der Waals surface area contributed by atoms with Crippen LogP contribution in [0.1, 0.15) is 29.2 Å². The molecule has 9 heteroatoms. The molecule has 2 saturated heterocycles. The number of likely N-dealkylation sites (tertiary alicyclic amines) is 1. The van der Waals surface area contributed by atoms with E-state index in [-0.39, 0.29) is 12.0 Å². The molecular weight excluding hydrogens is 411 g/mol. The number of benzene rings is 1. The van der Waals surface area contributed by atoms with Crippen molar-refractivity contribution < 1.29 is 14.2 Å². The van der Waals surface area contributed by atoms with Gasteiger partial charge in [0.25, 0.3) is 0 Å². The van der Waals surface area contributed by atoms with Gasteiger partial charge in [-0.05, 0) is 50.1 Å². The van der Waals surface area contributed by atoms with Gasteiger partial charge in [-0.25, -0.2) is 14.4 Å². The Balaban J connectivity index is 1.39. The molecule has 0 unspecified atom stereocenters. The number of ether oxygens (including phenoxy) is 1. The Labute approximate surface area is 186 Å². The molecule has 2 fully saturated rings. The molecule has 0 aliphatic carbocycles. The van der Waals surface area contributed by atoms with Gasteiger partial charge in [-0.15, -0.1) is 0 Å². The minimum absolute atomic E-state index is 0.107. The summed E-state index contributed by atoms with van der Waals surface area (Å²) in [4.78, 5) is 11.2. The summed E-state index contributed by atoms with van der Waals surface area (Å²) in [5.74, 6) is 1.10. The van der Waals surface area contributed by atoms with E-state index >= 15 is 4.39 Å². The van der Waals surface area contributed by atoms with Crippen LogP contribution in [-0.2, 0) is 11.8 Å². The van der Waals surface area contributed by atoms with E-state index in [1.54, 1.807) is 10.9 Å². The first kappa shape index (κ1) is 21.2. The van der Waals surface area contributed by atoms with Crippen LogP contribution in [0.4, 0.5) is 16.2 Å². The second-order valence-corrected chi connectivity index (χ2v) is 8.96. The number of hydrogen-bond donors (Lipinski definition) is 2. The van der Waals surface area contributed by atoms with Crippen molar-refractivity contribution in [2.24, 2.45) is 7.05 Å². The van der Waals surface area contributed by atoms with Crippen LogP contribution in [0.5, 0.6) is 0 Å². The standard InChI is InChI=1S/C23H29FN6O2/c1-13-6-15-9-25-23(27-22-7-14(2)28-29(22)3)26-19(15)8-17(13)16-4-5-30(10-18(16)24)20-11-32-12-21(20)31/h6-9,16,18,20-21,31H,4-5,10-12H2,1-3H3,(H,25,26,27)/t16-,18+,20-,21+/m0/s1. The molecule has 0 bridgehead atoms. The van der Waals surface area contributed by atoms with E-state index in [1.807, 2.05) is 44.0 Å². The third-order valence-corrected chi connectivity index (χ3v) is 6.67. The SMILES string of the molecule is Cc1cc(Nc2ncc3cc(C)c([C@@H]4CCN([C@H]5COC[C@H]5O)C[C@H]4F)cc3n2)n(C)n1. The maximum Gasteiger partial charge on any atom is 0.228 e. The lowest BCUT2D eigenvalue weighted by molar-refractivity contribution is 0.0352. The van der Waals surface area contributed by atoms with Crippen molar-refractivity contribution in [1.29, 1.82) is 0 Å². The van der Waals surface area contributed by atoms with Crippen LogP contribution in [0.25, 0.3) is 10.9 Å². The highest BCUT2D eigenvalue weighted by atomic mass is 19.1. The lowest BCUT2D eigenvalue weighted by atomic mass is 9.84. The molecule has 5 rings (SSSR count). The molecule has 2 aliphatic heterocycles. The zero-order valence-electron chi connectivity index (χ0n) is 18.6. The summed E-state index contributed by atoms with van der Waals surface area (Å²) < 4.78 is 22.4. The molecule has 1 aromatic carbocycles. The van der Waals surface area contributed by atoms with Gasteiger partial charge in [-0.2, -0.15) is 5.10 Å². The molecule has 170 valence electrons. The predicted molar refractivity (Wildman–Crippen MR) is 120 cm³/mol. The fourth-order valence-corrected chi connectivity index (χ4v) is 4.97. The van der Waals surface area contributed by atoms with Crippen LogP contribution in [0.2, 0.25) is 0 Å². The Morgan fingerprint density at radius 1 is 1.22 bits per heavy atom. The zero-order valence-corrected chi connectivity index (χ0v) is 18.6. The molecule has 2 N–H and O–H groups in total. The van der Waals surface area contributed by atoms with Gasteiger partial charge < -0.3 is 15.2 Å². The average molecular weight is 441 g/mol. The normalized spacial score (nSPS) is 26.7. The van der Waals surface area contributed by atoms with E-state index in [2.05, 4.69) is 20.4 Å². The number of alkyl halides is 1. The van der Waals surface area contributed by atoms with Gasteiger partial charge in [0, 0.05) is 37.2 Å². The topological polar surface area (TPSA) is 88.3 Å². The fraction of sp³-hybridized carbons (Fsp3) is 0.522. The van der Waals surface area contributed by atoms with Crippen LogP contribution >= 0.6 is 0 Å². The Morgan fingerprint density at radius 3 is 2.75 bits per heavy atom. The maximum absolute atomic E-state index is 15.3. The van der Waals surface area contributed by atoms with Crippen molar-refractivity contribution in [3.63, 3.8) is 0 Å². The molecule has 4 atom stereocenters. The number of piperidine rings is 1. The number of halogens is 1. The molecule has 0 amide bonds. The lowest BCUT2D eigenvalue weighted by Crippen LogP contribution is -2.50. The van der Waals surface area contributed by atoms with Gasteiger partial charge in [0.1, 0.15) is 12.0 Å². The summed E-state index contributed by atoms with van der Waals surface area (Å²) in [7, 11) is 1.86. The van der Waals surface area contributed by atoms with Crippen molar-refractivity contribution in [2.45, 2.75) is 44.5 Å². The first-order chi connectivity index (χ1) is 15.4. The molecule has 8 nitrogen and oxygen atoms in total. The first-order valence-electron chi connectivity index (χ1n) is 11.1. The van der Waals surface area contributed by atoms with Crippen molar-refractivity contribution in [3.8, 4) is 0 Å². The first-order valence-corrected chi connectivity index (χ1v) is 11.1. The number of nitrogens with one attached hydrogen (secondary N) is 1. The Kier molecular flexibility index (Phi) is 5.56. The van der Waals surface area contributed by atoms with Gasteiger partial charge in [-0.1, -0.05) is 0 Å². The average Bonchev–Trinajstić information content (AvgIpc) is 3.32. The van der Waals surface area contributed by atoms with Crippen LogP contribution < -0.4 is 5.32 Å². The Hall–Kier alpha value is -2.62. The van der Waals surface area contributed by atoms with Gasteiger partial charge in [0.05, 0.1) is 36.6 Å². The largest absolute Gasteiger partial charge is 0.389 e. The van der Waals surface area contributed by atoms with Crippen LogP contribution in [-0.4, -0.2) is 74.4 Å². The number of fused-ring (bicyclic) bond motifs is 1. The summed E-state index contributed by atoms with van der Waals surface area (Å²) in [6, 6.07) is 5.87. The minimum Gasteiger partial charge on any atom is -0.389 e. The van der Waals surface area contributed by atoms with Crippen molar-refractivity contribution in [2.75, 3.05) is 31.6 Å². The van der Waals surface area contributed by atoms with E-state index in [0.29, 0.717) is 32.1 Å². The minimum atomic E-state index is -1.01. The third-order valence-electron chi connectivity index (χ3n) is 6.67. The molecule has 32 heavy (non-hydrogen) atoms. The van der Waals surface area contributed by atoms with Crippen LogP contribution in [0, 0.1) is 13.8 Å². The second kappa shape index (κ2) is 8.38. The second-order valence-electron chi connectivity index (χ2n) is 8.96. The maximum atomic E-state index is 15.3. The van der Waals surface area contributed by atoms with Gasteiger partial charge in [-0.3, -0.25) is 9.58 Å². The predicted octanol–water partition coefficient (Wildman–Crippen LogP) is 2.61. The van der Waals surface area contributed by atoms with Gasteiger partial charge in [0.15, 0.2) is 0 Å². The summed E-state index contributed by atoms with van der Waals surface area (Å²) >= 11 is 0. The molecule has 3 aromatic rings. The van der Waals surface area contributed by atoms with Crippen molar-refractivity contribution in [1.82, 2.24) is 24.6 Å². The van der Waals surface area contributed by atoms with E-state index in [9.17, 15) is 5.11 Å². The highest BCUT2D eigenvalue weighted by Crippen LogP contribution is 2.35. The zero-order chi connectivity index (χ0) is 22.4. The molecule has 4 heterocycles. The summed E-state index contributed by atoms with van der Waals surface area (Å²) in [5, 5.41) is 18.6. The van der Waals surface area contributed by atoms with E-state index in [1.165, 1.54) is 0 Å². The van der Waals surface area contributed by atoms with Gasteiger partial charge in [0.2, 0.25) is 5.95 Å². The summed E-state index contributed by atoms with van der Waals surface area (Å²) in [6.07, 6.45) is 0.944. The molecule has 0 radical (unpaired) electrons.